The van der Waals surface area contributed by atoms with Gasteiger partial charge in [0, 0.05) is 24.3 Å². The average molecular weight is 255 g/mol. The molecule has 3 N–H and O–H groups in total. The quantitative estimate of drug-likeness (QED) is 0.627. The molecular weight excluding hydrogens is 236 g/mol. The molecule has 0 aliphatic carbocycles. The molecule has 1 aromatic rings. The van der Waals surface area contributed by atoms with Crippen LogP contribution in [-0.2, 0) is 0 Å². The summed E-state index contributed by atoms with van der Waals surface area (Å²) in [5.74, 6) is 0.676. The van der Waals surface area contributed by atoms with E-state index in [0.29, 0.717) is 22.4 Å². The Labute approximate surface area is 107 Å². The summed E-state index contributed by atoms with van der Waals surface area (Å²) < 4.78 is 0. The number of amidine groups is 1. The molecule has 1 atom stereocenters. The van der Waals surface area contributed by atoms with E-state index in [2.05, 4.69) is 30.7 Å². The molecule has 1 heterocycles. The molecule has 0 fully saturated rings. The van der Waals surface area contributed by atoms with Crippen LogP contribution in [0.4, 0.5) is 5.82 Å². The zero-order chi connectivity index (χ0) is 13.0. The summed E-state index contributed by atoms with van der Waals surface area (Å²) in [6.07, 6.45) is 2.65. The maximum Gasteiger partial charge on any atom is 0.148 e. The maximum absolute atomic E-state index is 7.47. The number of hydrogen-bond donors (Lipinski definition) is 2. The van der Waals surface area contributed by atoms with Gasteiger partial charge in [-0.2, -0.15) is 0 Å². The van der Waals surface area contributed by atoms with Gasteiger partial charge < -0.3 is 10.6 Å². The number of halogens is 1. The monoisotopic (exact) mass is 254 g/mol. The van der Waals surface area contributed by atoms with Crippen LogP contribution in [0, 0.1) is 5.41 Å². The van der Waals surface area contributed by atoms with Crippen molar-refractivity contribution in [3.05, 3.63) is 22.8 Å². The van der Waals surface area contributed by atoms with Crippen molar-refractivity contribution >= 4 is 23.3 Å². The Morgan fingerprint density at radius 3 is 2.71 bits per heavy atom. The lowest BCUT2D eigenvalue weighted by atomic mass is 10.2. The highest BCUT2D eigenvalue weighted by atomic mass is 35.5. The minimum Gasteiger partial charge on any atom is -0.384 e. The smallest absolute Gasteiger partial charge is 0.148 e. The number of nitrogen functional groups attached to an aromatic ring is 1. The lowest BCUT2D eigenvalue weighted by molar-refractivity contribution is 0.623. The van der Waals surface area contributed by atoms with Gasteiger partial charge in [-0.25, -0.2) is 4.98 Å². The van der Waals surface area contributed by atoms with Gasteiger partial charge in [0.25, 0.3) is 0 Å². The van der Waals surface area contributed by atoms with E-state index in [9.17, 15) is 0 Å². The first-order valence-electron chi connectivity index (χ1n) is 5.78. The van der Waals surface area contributed by atoms with Crippen molar-refractivity contribution in [1.82, 2.24) is 4.98 Å². The van der Waals surface area contributed by atoms with Crippen LogP contribution in [0.5, 0.6) is 0 Å². The van der Waals surface area contributed by atoms with Crippen molar-refractivity contribution in [2.75, 3.05) is 11.4 Å². The molecule has 0 radical (unpaired) electrons. The Hall–Kier alpha value is -1.29. The number of hydrogen-bond acceptors (Lipinski definition) is 3. The molecule has 1 unspecified atom stereocenters. The van der Waals surface area contributed by atoms with Crippen LogP contribution in [0.1, 0.15) is 32.8 Å². The number of nitrogens with two attached hydrogens (primary N) is 1. The number of nitrogens with zero attached hydrogens (tertiary/aromatic N) is 2. The number of anilines is 1. The Balaban J connectivity index is 3.21. The molecule has 0 aliphatic rings. The molecule has 0 saturated heterocycles. The van der Waals surface area contributed by atoms with Gasteiger partial charge in [-0.05, 0) is 26.3 Å². The van der Waals surface area contributed by atoms with Gasteiger partial charge in [-0.15, -0.1) is 0 Å². The van der Waals surface area contributed by atoms with Crippen LogP contribution in [0.25, 0.3) is 0 Å². The van der Waals surface area contributed by atoms with Gasteiger partial charge in [0.15, 0.2) is 0 Å². The summed E-state index contributed by atoms with van der Waals surface area (Å²) in [6, 6.07) is 2.02. The highest BCUT2D eigenvalue weighted by molar-refractivity contribution is 6.36. The molecule has 5 heteroatoms. The average Bonchev–Trinajstić information content (AvgIpc) is 2.31. The number of rotatable bonds is 5. The fourth-order valence-electron chi connectivity index (χ4n) is 1.73. The largest absolute Gasteiger partial charge is 0.384 e. The lowest BCUT2D eigenvalue weighted by Gasteiger charge is -2.29. The summed E-state index contributed by atoms with van der Waals surface area (Å²) in [7, 11) is 0. The van der Waals surface area contributed by atoms with E-state index < -0.39 is 0 Å². The minimum absolute atomic E-state index is 0.0288. The second-order valence-corrected chi connectivity index (χ2v) is 4.33. The minimum atomic E-state index is -0.0288. The van der Waals surface area contributed by atoms with E-state index in [-0.39, 0.29) is 5.84 Å². The highest BCUT2D eigenvalue weighted by Crippen LogP contribution is 2.28. The van der Waals surface area contributed by atoms with Crippen LogP contribution in [0.2, 0.25) is 5.02 Å². The molecule has 0 aliphatic heterocycles. The van der Waals surface area contributed by atoms with Crippen molar-refractivity contribution in [2.24, 2.45) is 5.73 Å². The first-order valence-corrected chi connectivity index (χ1v) is 6.16. The maximum atomic E-state index is 7.47. The van der Waals surface area contributed by atoms with E-state index in [1.165, 1.54) is 0 Å². The summed E-state index contributed by atoms with van der Waals surface area (Å²) >= 11 is 6.25. The van der Waals surface area contributed by atoms with E-state index in [1.807, 2.05) is 0 Å². The van der Waals surface area contributed by atoms with Crippen LogP contribution in [0.15, 0.2) is 12.3 Å². The second kappa shape index (κ2) is 5.87. The van der Waals surface area contributed by atoms with Crippen molar-refractivity contribution in [2.45, 2.75) is 33.2 Å². The topological polar surface area (TPSA) is 66.0 Å². The van der Waals surface area contributed by atoms with Gasteiger partial charge >= 0.3 is 0 Å². The van der Waals surface area contributed by atoms with E-state index in [4.69, 9.17) is 22.7 Å². The molecule has 17 heavy (non-hydrogen) atoms. The van der Waals surface area contributed by atoms with Crippen molar-refractivity contribution in [3.8, 4) is 0 Å². The summed E-state index contributed by atoms with van der Waals surface area (Å²) in [6.45, 7) is 7.13. The summed E-state index contributed by atoms with van der Waals surface area (Å²) in [5.41, 5.74) is 6.03. The molecule has 0 spiro atoms. The molecule has 0 aromatic carbocycles. The van der Waals surface area contributed by atoms with E-state index in [1.54, 1.807) is 12.3 Å². The Morgan fingerprint density at radius 2 is 2.24 bits per heavy atom. The zero-order valence-corrected chi connectivity index (χ0v) is 11.3. The SMILES string of the molecule is CCC(C)N(CC)c1nccc(C(=N)N)c1Cl. The van der Waals surface area contributed by atoms with Crippen LogP contribution in [-0.4, -0.2) is 23.4 Å². The summed E-state index contributed by atoms with van der Waals surface area (Å²) in [5, 5.41) is 7.93. The van der Waals surface area contributed by atoms with Crippen molar-refractivity contribution < 1.29 is 0 Å². The van der Waals surface area contributed by atoms with Crippen LogP contribution < -0.4 is 10.6 Å². The van der Waals surface area contributed by atoms with Gasteiger partial charge in [-0.3, -0.25) is 5.41 Å². The zero-order valence-electron chi connectivity index (χ0n) is 10.5. The van der Waals surface area contributed by atoms with Gasteiger partial charge in [0.2, 0.25) is 0 Å². The van der Waals surface area contributed by atoms with Gasteiger partial charge in [0.05, 0.1) is 5.02 Å². The third-order valence-electron chi connectivity index (χ3n) is 2.90. The first-order chi connectivity index (χ1) is 8.02. The Kier molecular flexibility index (Phi) is 4.75. The highest BCUT2D eigenvalue weighted by Gasteiger charge is 2.18. The van der Waals surface area contributed by atoms with Crippen LogP contribution in [0.3, 0.4) is 0 Å². The molecule has 94 valence electrons. The molecule has 0 saturated carbocycles. The second-order valence-electron chi connectivity index (χ2n) is 3.95. The third kappa shape index (κ3) is 2.88. The molecular formula is C12H19ClN4. The predicted octanol–water partition coefficient (Wildman–Crippen LogP) is 2.64. The predicted molar refractivity (Wildman–Crippen MR) is 73.0 cm³/mol. The van der Waals surface area contributed by atoms with E-state index in [0.717, 1.165) is 13.0 Å². The molecule has 1 rings (SSSR count). The van der Waals surface area contributed by atoms with Crippen molar-refractivity contribution in [1.29, 1.82) is 5.41 Å². The summed E-state index contributed by atoms with van der Waals surface area (Å²) in [4.78, 5) is 6.42. The number of nitrogens with one attached hydrogen (secondary N) is 1. The third-order valence-corrected chi connectivity index (χ3v) is 3.27. The lowest BCUT2D eigenvalue weighted by Crippen LogP contribution is -2.33. The number of pyridine rings is 1. The first kappa shape index (κ1) is 13.8. The standard InChI is InChI=1S/C12H19ClN4/c1-4-8(3)17(5-2)12-10(13)9(11(14)15)6-7-16-12/h6-8H,4-5H2,1-3H3,(H3,14,15). The molecule has 0 amide bonds. The van der Waals surface area contributed by atoms with Crippen LogP contribution >= 0.6 is 11.6 Å². The fourth-order valence-corrected chi connectivity index (χ4v) is 2.05. The number of aromatic nitrogens is 1. The fraction of sp³-hybridized carbons (Fsp3) is 0.500. The van der Waals surface area contributed by atoms with Crippen molar-refractivity contribution in [3.63, 3.8) is 0 Å². The Bertz CT molecular complexity index is 405. The van der Waals surface area contributed by atoms with E-state index >= 15 is 0 Å². The molecule has 4 nitrogen and oxygen atoms in total. The van der Waals surface area contributed by atoms with Gasteiger partial charge in [0.1, 0.15) is 11.7 Å². The Morgan fingerprint density at radius 1 is 1.59 bits per heavy atom. The normalized spacial score (nSPS) is 12.2. The molecule has 1 aromatic heterocycles. The molecule has 0 bridgehead atoms. The van der Waals surface area contributed by atoms with Gasteiger partial charge in [-0.1, -0.05) is 18.5 Å².